The normalized spacial score (nSPS) is 12.2. The first-order valence-electron chi connectivity index (χ1n) is 6.84. The number of rotatable bonds is 4. The van der Waals surface area contributed by atoms with E-state index >= 15 is 0 Å². The van der Waals surface area contributed by atoms with Gasteiger partial charge in [0.05, 0.1) is 6.10 Å². The molecule has 0 heterocycles. The summed E-state index contributed by atoms with van der Waals surface area (Å²) in [5.41, 5.74) is 4.37. The molecule has 0 amide bonds. The second-order valence-electron chi connectivity index (χ2n) is 4.96. The van der Waals surface area contributed by atoms with Crippen LogP contribution in [-0.2, 0) is 0 Å². The highest BCUT2D eigenvalue weighted by atomic mass is 79.9. The van der Waals surface area contributed by atoms with Gasteiger partial charge in [-0.05, 0) is 56.7 Å². The Bertz CT molecular complexity index is 595. The van der Waals surface area contributed by atoms with Crippen LogP contribution >= 0.6 is 15.9 Å². The molecule has 1 N–H and O–H groups in total. The van der Waals surface area contributed by atoms with E-state index in [4.69, 9.17) is 0 Å². The van der Waals surface area contributed by atoms with Gasteiger partial charge in [0.1, 0.15) is 0 Å². The van der Waals surface area contributed by atoms with Crippen LogP contribution < -0.4 is 4.90 Å². The molecule has 0 spiro atoms. The van der Waals surface area contributed by atoms with E-state index < -0.39 is 6.10 Å². The van der Waals surface area contributed by atoms with Crippen molar-refractivity contribution >= 4 is 27.3 Å². The van der Waals surface area contributed by atoms with E-state index in [0.29, 0.717) is 0 Å². The molecule has 2 aromatic carbocycles. The van der Waals surface area contributed by atoms with E-state index in [0.717, 1.165) is 28.0 Å². The van der Waals surface area contributed by atoms with Crippen LogP contribution in [0.1, 0.15) is 31.1 Å². The van der Waals surface area contributed by atoms with E-state index in [-0.39, 0.29) is 0 Å². The first-order chi connectivity index (χ1) is 9.52. The molecule has 0 aliphatic carbocycles. The van der Waals surface area contributed by atoms with Gasteiger partial charge in [-0.2, -0.15) is 0 Å². The molecule has 3 heteroatoms. The lowest BCUT2D eigenvalue weighted by Crippen LogP contribution is -2.18. The Morgan fingerprint density at radius 1 is 1.20 bits per heavy atom. The van der Waals surface area contributed by atoms with Crippen LogP contribution in [0.15, 0.2) is 46.9 Å². The van der Waals surface area contributed by atoms with Gasteiger partial charge in [0.15, 0.2) is 0 Å². The fourth-order valence-electron chi connectivity index (χ4n) is 2.39. The molecular formula is C17H20BrNO. The number of hydrogen-bond acceptors (Lipinski definition) is 2. The number of hydrogen-bond donors (Lipinski definition) is 1. The third kappa shape index (κ3) is 3.22. The monoisotopic (exact) mass is 333 g/mol. The van der Waals surface area contributed by atoms with Crippen molar-refractivity contribution in [1.29, 1.82) is 0 Å². The standard InChI is InChI=1S/C17H20BrNO/c1-4-19(15-7-5-6-12(2)10-15)17-9-8-14(18)11-16(17)13(3)20/h5-11,13,20H,4H2,1-3H3. The summed E-state index contributed by atoms with van der Waals surface area (Å²) in [6.07, 6.45) is -0.499. The Hall–Kier alpha value is -1.32. The molecular weight excluding hydrogens is 314 g/mol. The van der Waals surface area contributed by atoms with Crippen LogP contribution in [0, 0.1) is 6.92 Å². The van der Waals surface area contributed by atoms with E-state index in [2.05, 4.69) is 65.0 Å². The summed E-state index contributed by atoms with van der Waals surface area (Å²) in [6, 6.07) is 14.5. The molecule has 0 radical (unpaired) electrons. The summed E-state index contributed by atoms with van der Waals surface area (Å²) in [4.78, 5) is 2.22. The number of halogens is 1. The van der Waals surface area contributed by atoms with Gasteiger partial charge in [0.2, 0.25) is 0 Å². The molecule has 0 saturated heterocycles. The maximum absolute atomic E-state index is 10.0. The van der Waals surface area contributed by atoms with Crippen LogP contribution in [0.3, 0.4) is 0 Å². The second-order valence-corrected chi connectivity index (χ2v) is 5.88. The number of aliphatic hydroxyl groups excluding tert-OH is 1. The van der Waals surface area contributed by atoms with Crippen LogP contribution in [0.2, 0.25) is 0 Å². The van der Waals surface area contributed by atoms with Crippen LogP contribution in [0.4, 0.5) is 11.4 Å². The van der Waals surface area contributed by atoms with Gasteiger partial charge in [-0.3, -0.25) is 0 Å². The van der Waals surface area contributed by atoms with Crippen molar-refractivity contribution in [3.8, 4) is 0 Å². The van der Waals surface area contributed by atoms with E-state index in [1.54, 1.807) is 6.92 Å². The molecule has 20 heavy (non-hydrogen) atoms. The molecule has 2 rings (SSSR count). The fraction of sp³-hybridized carbons (Fsp3) is 0.294. The van der Waals surface area contributed by atoms with Crippen molar-refractivity contribution in [3.05, 3.63) is 58.1 Å². The SMILES string of the molecule is CCN(c1cccc(C)c1)c1ccc(Br)cc1C(C)O. The second kappa shape index (κ2) is 6.42. The lowest BCUT2D eigenvalue weighted by atomic mass is 10.1. The summed E-state index contributed by atoms with van der Waals surface area (Å²) >= 11 is 3.47. The first-order valence-corrected chi connectivity index (χ1v) is 7.64. The average molecular weight is 334 g/mol. The highest BCUT2D eigenvalue weighted by Gasteiger charge is 2.15. The molecule has 0 aliphatic heterocycles. The average Bonchev–Trinajstić information content (AvgIpc) is 2.41. The van der Waals surface area contributed by atoms with Gasteiger partial charge >= 0.3 is 0 Å². The minimum atomic E-state index is -0.499. The van der Waals surface area contributed by atoms with Crippen molar-refractivity contribution in [2.24, 2.45) is 0 Å². The van der Waals surface area contributed by atoms with Crippen LogP contribution in [-0.4, -0.2) is 11.7 Å². The van der Waals surface area contributed by atoms with E-state index in [9.17, 15) is 5.11 Å². The van der Waals surface area contributed by atoms with Gasteiger partial charge in [0.25, 0.3) is 0 Å². The zero-order valence-corrected chi connectivity index (χ0v) is 13.7. The molecule has 106 valence electrons. The summed E-state index contributed by atoms with van der Waals surface area (Å²) in [6.45, 7) is 6.87. The maximum Gasteiger partial charge on any atom is 0.0782 e. The smallest absolute Gasteiger partial charge is 0.0782 e. The highest BCUT2D eigenvalue weighted by Crippen LogP contribution is 2.34. The molecule has 2 nitrogen and oxygen atoms in total. The highest BCUT2D eigenvalue weighted by molar-refractivity contribution is 9.10. The van der Waals surface area contributed by atoms with Gasteiger partial charge in [-0.25, -0.2) is 0 Å². The predicted molar refractivity (Wildman–Crippen MR) is 88.6 cm³/mol. The zero-order valence-electron chi connectivity index (χ0n) is 12.1. The number of benzene rings is 2. The molecule has 0 fully saturated rings. The first kappa shape index (κ1) is 15.1. The summed E-state index contributed by atoms with van der Waals surface area (Å²) < 4.78 is 0.984. The van der Waals surface area contributed by atoms with Crippen molar-refractivity contribution in [2.75, 3.05) is 11.4 Å². The topological polar surface area (TPSA) is 23.5 Å². The molecule has 0 saturated carbocycles. The summed E-state index contributed by atoms with van der Waals surface area (Å²) in [5, 5.41) is 10.0. The minimum absolute atomic E-state index is 0.499. The Labute approximate surface area is 129 Å². The molecule has 1 unspecified atom stereocenters. The molecule has 1 atom stereocenters. The van der Waals surface area contributed by atoms with Crippen LogP contribution in [0.5, 0.6) is 0 Å². The summed E-state index contributed by atoms with van der Waals surface area (Å²) in [7, 11) is 0. The van der Waals surface area contributed by atoms with Crippen LogP contribution in [0.25, 0.3) is 0 Å². The third-order valence-corrected chi connectivity index (χ3v) is 3.85. The lowest BCUT2D eigenvalue weighted by molar-refractivity contribution is 0.199. The molecule has 2 aromatic rings. The third-order valence-electron chi connectivity index (χ3n) is 3.36. The number of nitrogens with zero attached hydrogens (tertiary/aromatic N) is 1. The Morgan fingerprint density at radius 3 is 2.55 bits per heavy atom. The Kier molecular flexibility index (Phi) is 4.84. The number of aryl methyl sites for hydroxylation is 1. The van der Waals surface area contributed by atoms with Crippen molar-refractivity contribution in [1.82, 2.24) is 0 Å². The maximum atomic E-state index is 10.0. The van der Waals surface area contributed by atoms with Gasteiger partial charge in [-0.15, -0.1) is 0 Å². The lowest BCUT2D eigenvalue weighted by Gasteiger charge is -2.27. The van der Waals surface area contributed by atoms with Crippen molar-refractivity contribution < 1.29 is 5.11 Å². The quantitative estimate of drug-likeness (QED) is 0.853. The Balaban J connectivity index is 2.52. The van der Waals surface area contributed by atoms with Crippen molar-refractivity contribution in [3.63, 3.8) is 0 Å². The summed E-state index contributed by atoms with van der Waals surface area (Å²) in [5.74, 6) is 0. The van der Waals surface area contributed by atoms with Gasteiger partial charge in [-0.1, -0.05) is 28.1 Å². The van der Waals surface area contributed by atoms with Crippen molar-refractivity contribution in [2.45, 2.75) is 26.9 Å². The Morgan fingerprint density at radius 2 is 1.95 bits per heavy atom. The molecule has 0 bridgehead atoms. The number of anilines is 2. The van der Waals surface area contributed by atoms with E-state index in [1.807, 2.05) is 12.1 Å². The predicted octanol–water partition coefficient (Wildman–Crippen LogP) is 4.97. The molecule has 0 aromatic heterocycles. The zero-order chi connectivity index (χ0) is 14.7. The molecule has 0 aliphatic rings. The van der Waals surface area contributed by atoms with E-state index in [1.165, 1.54) is 5.56 Å². The minimum Gasteiger partial charge on any atom is -0.389 e. The van der Waals surface area contributed by atoms with Gasteiger partial charge < -0.3 is 10.0 Å². The number of aliphatic hydroxyl groups is 1. The van der Waals surface area contributed by atoms with Gasteiger partial charge in [0, 0.05) is 28.0 Å². The largest absolute Gasteiger partial charge is 0.389 e. The fourth-order valence-corrected chi connectivity index (χ4v) is 2.77.